The Morgan fingerprint density at radius 1 is 1.33 bits per heavy atom. The van der Waals surface area contributed by atoms with E-state index in [0.717, 1.165) is 29.8 Å². The summed E-state index contributed by atoms with van der Waals surface area (Å²) in [6.45, 7) is 4.91. The van der Waals surface area contributed by atoms with Crippen molar-refractivity contribution < 1.29 is 9.53 Å². The lowest BCUT2D eigenvalue weighted by atomic mass is 10.1. The zero-order chi connectivity index (χ0) is 17.1. The molecule has 1 aliphatic rings. The molecule has 0 bridgehead atoms. The predicted octanol–water partition coefficient (Wildman–Crippen LogP) is 2.14. The summed E-state index contributed by atoms with van der Waals surface area (Å²) in [4.78, 5) is 26.4. The maximum Gasteiger partial charge on any atom is 0.267 e. The number of aromatic nitrogens is 2. The highest BCUT2D eigenvalue weighted by atomic mass is 16.5. The van der Waals surface area contributed by atoms with E-state index in [2.05, 4.69) is 10.2 Å². The first-order valence-corrected chi connectivity index (χ1v) is 8.35. The van der Waals surface area contributed by atoms with Gasteiger partial charge in [-0.15, -0.1) is 0 Å². The van der Waals surface area contributed by atoms with E-state index in [1.807, 2.05) is 36.1 Å². The molecule has 6 nitrogen and oxygen atoms in total. The summed E-state index contributed by atoms with van der Waals surface area (Å²) >= 11 is 0. The fraction of sp³-hybridized carbons (Fsp3) is 0.444. The Labute approximate surface area is 140 Å². The molecular weight excluding hydrogens is 306 g/mol. The first kappa shape index (κ1) is 16.4. The molecule has 2 N–H and O–H groups in total. The summed E-state index contributed by atoms with van der Waals surface area (Å²) in [7, 11) is 0. The van der Waals surface area contributed by atoms with Crippen molar-refractivity contribution in [2.45, 2.75) is 45.7 Å². The largest absolute Gasteiger partial charge is 0.494 e. The fourth-order valence-corrected chi connectivity index (χ4v) is 2.84. The van der Waals surface area contributed by atoms with Crippen molar-refractivity contribution in [1.82, 2.24) is 15.1 Å². The predicted molar refractivity (Wildman–Crippen MR) is 91.0 cm³/mol. The fourth-order valence-electron chi connectivity index (χ4n) is 2.84. The van der Waals surface area contributed by atoms with E-state index in [9.17, 15) is 9.59 Å². The Bertz CT molecular complexity index is 774. The lowest BCUT2D eigenvalue weighted by molar-refractivity contribution is -0.131. The molecule has 1 amide bonds. The normalized spacial score (nSPS) is 13.8. The average Bonchev–Trinajstić information content (AvgIpc) is 3.35. The first-order chi connectivity index (χ1) is 11.6. The van der Waals surface area contributed by atoms with Gasteiger partial charge >= 0.3 is 0 Å². The van der Waals surface area contributed by atoms with Crippen molar-refractivity contribution in [1.29, 1.82) is 0 Å². The van der Waals surface area contributed by atoms with Crippen molar-refractivity contribution in [2.75, 3.05) is 6.61 Å². The second-order valence-electron chi connectivity index (χ2n) is 6.19. The Balaban J connectivity index is 1.74. The number of nitrogens with one attached hydrogen (secondary N) is 2. The quantitative estimate of drug-likeness (QED) is 0.817. The van der Waals surface area contributed by atoms with Crippen LogP contribution in [0.5, 0.6) is 5.75 Å². The number of rotatable bonds is 7. The minimum Gasteiger partial charge on any atom is -0.494 e. The number of benzene rings is 1. The first-order valence-electron chi connectivity index (χ1n) is 8.35. The van der Waals surface area contributed by atoms with Crippen LogP contribution in [0.25, 0.3) is 0 Å². The van der Waals surface area contributed by atoms with Gasteiger partial charge in [0.1, 0.15) is 5.75 Å². The van der Waals surface area contributed by atoms with Gasteiger partial charge in [-0.2, -0.15) is 0 Å². The molecule has 0 saturated heterocycles. The Morgan fingerprint density at radius 2 is 2.12 bits per heavy atom. The van der Waals surface area contributed by atoms with Crippen LogP contribution in [-0.2, 0) is 17.8 Å². The second-order valence-corrected chi connectivity index (χ2v) is 6.19. The van der Waals surface area contributed by atoms with Crippen molar-refractivity contribution in [3.05, 3.63) is 51.4 Å². The average molecular weight is 329 g/mol. The molecule has 128 valence electrons. The van der Waals surface area contributed by atoms with Crippen LogP contribution >= 0.6 is 0 Å². The molecule has 1 saturated carbocycles. The van der Waals surface area contributed by atoms with Gasteiger partial charge in [-0.1, -0.05) is 12.1 Å². The Kier molecular flexibility index (Phi) is 4.74. The van der Waals surface area contributed by atoms with Gasteiger partial charge < -0.3 is 14.7 Å². The molecule has 0 atom stereocenters. The van der Waals surface area contributed by atoms with E-state index in [4.69, 9.17) is 4.74 Å². The van der Waals surface area contributed by atoms with E-state index in [0.29, 0.717) is 18.7 Å². The molecule has 1 aromatic carbocycles. The molecule has 0 spiro atoms. The molecule has 1 fully saturated rings. The number of aromatic amines is 2. The number of carbonyl (C=O) groups is 1. The minimum atomic E-state index is -0.213. The lowest BCUT2D eigenvalue weighted by Crippen LogP contribution is -2.34. The van der Waals surface area contributed by atoms with Gasteiger partial charge in [-0.3, -0.25) is 14.7 Å². The standard InChI is InChI=1S/C18H23N3O3/c1-3-24-15-6-4-5-13(9-15)11-21(14-7-8-14)17(22)10-16-12(2)19-20-18(16)23/h4-6,9,14H,3,7-8,10-11H2,1-2H3,(H2,19,20,23). The van der Waals surface area contributed by atoms with Crippen molar-refractivity contribution in [3.8, 4) is 5.75 Å². The third kappa shape index (κ3) is 3.69. The van der Waals surface area contributed by atoms with Crippen LogP contribution in [0, 0.1) is 6.92 Å². The number of carbonyl (C=O) groups excluding carboxylic acids is 1. The summed E-state index contributed by atoms with van der Waals surface area (Å²) in [5, 5.41) is 5.30. The van der Waals surface area contributed by atoms with Crippen LogP contribution in [0.2, 0.25) is 0 Å². The molecular formula is C18H23N3O3. The van der Waals surface area contributed by atoms with Gasteiger partial charge in [-0.05, 0) is 44.4 Å². The molecule has 1 aromatic heterocycles. The van der Waals surface area contributed by atoms with Crippen LogP contribution in [-0.4, -0.2) is 33.7 Å². The van der Waals surface area contributed by atoms with Crippen LogP contribution < -0.4 is 10.3 Å². The molecule has 24 heavy (non-hydrogen) atoms. The molecule has 2 aromatic rings. The summed E-state index contributed by atoms with van der Waals surface area (Å²) in [6.07, 6.45) is 2.19. The highest BCUT2D eigenvalue weighted by Crippen LogP contribution is 2.29. The van der Waals surface area contributed by atoms with Gasteiger partial charge in [0, 0.05) is 23.8 Å². The second kappa shape index (κ2) is 6.95. The van der Waals surface area contributed by atoms with Gasteiger partial charge in [0.2, 0.25) is 5.91 Å². The van der Waals surface area contributed by atoms with Crippen LogP contribution in [0.1, 0.15) is 36.6 Å². The van der Waals surface area contributed by atoms with Crippen LogP contribution in [0.3, 0.4) is 0 Å². The van der Waals surface area contributed by atoms with Crippen molar-refractivity contribution in [2.24, 2.45) is 0 Å². The summed E-state index contributed by atoms with van der Waals surface area (Å²) in [5.41, 5.74) is 2.08. The number of H-pyrrole nitrogens is 2. The zero-order valence-electron chi connectivity index (χ0n) is 14.1. The van der Waals surface area contributed by atoms with E-state index in [1.165, 1.54) is 0 Å². The van der Waals surface area contributed by atoms with Gasteiger partial charge in [0.25, 0.3) is 5.56 Å². The smallest absolute Gasteiger partial charge is 0.267 e. The lowest BCUT2D eigenvalue weighted by Gasteiger charge is -2.23. The number of hydrogen-bond acceptors (Lipinski definition) is 3. The molecule has 1 heterocycles. The molecule has 0 aliphatic heterocycles. The third-order valence-electron chi connectivity index (χ3n) is 4.29. The van der Waals surface area contributed by atoms with E-state index in [-0.39, 0.29) is 23.9 Å². The SMILES string of the molecule is CCOc1cccc(CN(C(=O)Cc2c(C)[nH][nH]c2=O)C2CC2)c1. The number of nitrogens with zero attached hydrogens (tertiary/aromatic N) is 1. The third-order valence-corrected chi connectivity index (χ3v) is 4.29. The molecule has 1 aliphatic carbocycles. The summed E-state index contributed by atoms with van der Waals surface area (Å²) in [5.74, 6) is 0.809. The molecule has 3 rings (SSSR count). The molecule has 0 unspecified atom stereocenters. The zero-order valence-corrected chi connectivity index (χ0v) is 14.1. The van der Waals surface area contributed by atoms with Crippen molar-refractivity contribution in [3.63, 3.8) is 0 Å². The summed E-state index contributed by atoms with van der Waals surface area (Å²) in [6, 6.07) is 8.11. The molecule has 0 radical (unpaired) electrons. The maximum absolute atomic E-state index is 12.7. The molecule has 6 heteroatoms. The Hall–Kier alpha value is -2.50. The highest BCUT2D eigenvalue weighted by Gasteiger charge is 2.33. The monoisotopic (exact) mass is 329 g/mol. The summed E-state index contributed by atoms with van der Waals surface area (Å²) < 4.78 is 5.53. The van der Waals surface area contributed by atoms with E-state index >= 15 is 0 Å². The van der Waals surface area contributed by atoms with Crippen LogP contribution in [0.4, 0.5) is 0 Å². The topological polar surface area (TPSA) is 78.2 Å². The number of ether oxygens (including phenoxy) is 1. The van der Waals surface area contributed by atoms with E-state index < -0.39 is 0 Å². The van der Waals surface area contributed by atoms with Crippen molar-refractivity contribution >= 4 is 5.91 Å². The van der Waals surface area contributed by atoms with Gasteiger partial charge in [0.15, 0.2) is 0 Å². The number of amides is 1. The highest BCUT2D eigenvalue weighted by molar-refractivity contribution is 5.79. The minimum absolute atomic E-state index is 0.00693. The van der Waals surface area contributed by atoms with Gasteiger partial charge in [-0.25, -0.2) is 0 Å². The number of aryl methyl sites for hydroxylation is 1. The van der Waals surface area contributed by atoms with Gasteiger partial charge in [0.05, 0.1) is 13.0 Å². The van der Waals surface area contributed by atoms with E-state index in [1.54, 1.807) is 6.92 Å². The maximum atomic E-state index is 12.7. The van der Waals surface area contributed by atoms with Crippen LogP contribution in [0.15, 0.2) is 29.1 Å². The number of hydrogen-bond donors (Lipinski definition) is 2. The Morgan fingerprint density at radius 3 is 2.75 bits per heavy atom.